The molecule has 122 valence electrons. The lowest BCUT2D eigenvalue weighted by Gasteiger charge is -2.40. The van der Waals surface area contributed by atoms with E-state index in [2.05, 4.69) is 28.8 Å². The summed E-state index contributed by atoms with van der Waals surface area (Å²) < 4.78 is 6.52. The van der Waals surface area contributed by atoms with Gasteiger partial charge in [-0.25, -0.2) is 4.98 Å². The Labute approximate surface area is 142 Å². The van der Waals surface area contributed by atoms with Gasteiger partial charge in [0, 0.05) is 29.2 Å². The third-order valence-corrected chi connectivity index (χ3v) is 6.86. The van der Waals surface area contributed by atoms with E-state index in [0.717, 1.165) is 29.5 Å². The van der Waals surface area contributed by atoms with Gasteiger partial charge in [0.15, 0.2) is 0 Å². The molecular formula is C19H24N2OS. The zero-order valence-electron chi connectivity index (χ0n) is 13.8. The van der Waals surface area contributed by atoms with Crippen molar-refractivity contribution in [1.82, 2.24) is 9.88 Å². The van der Waals surface area contributed by atoms with Crippen molar-refractivity contribution in [3.8, 4) is 11.5 Å². The maximum Gasteiger partial charge on any atom is 0.226 e. The molecular weight excluding hydrogens is 304 g/mol. The standard InChI is InChI=1S/C19H24N2OS/c1-15-17(20-18(22-15)16-6-3-2-4-7-16)14-21-11-10-19(8-5-9-19)23-13-12-21/h2-4,6-7H,5,8-14H2,1H3. The summed E-state index contributed by atoms with van der Waals surface area (Å²) in [6.07, 6.45) is 5.61. The Balaban J connectivity index is 1.45. The average molecular weight is 328 g/mol. The first-order chi connectivity index (χ1) is 11.2. The SMILES string of the molecule is Cc1oc(-c2ccccc2)nc1CN1CCSC2(CCC2)CC1. The number of hydrogen-bond acceptors (Lipinski definition) is 4. The van der Waals surface area contributed by atoms with Crippen LogP contribution in [0.4, 0.5) is 0 Å². The van der Waals surface area contributed by atoms with Crippen LogP contribution in [0, 0.1) is 6.92 Å². The number of oxazole rings is 1. The first-order valence-electron chi connectivity index (χ1n) is 8.62. The molecule has 4 rings (SSSR count). The van der Waals surface area contributed by atoms with Crippen molar-refractivity contribution >= 4 is 11.8 Å². The van der Waals surface area contributed by atoms with E-state index in [9.17, 15) is 0 Å². The molecule has 0 amide bonds. The topological polar surface area (TPSA) is 29.3 Å². The lowest BCUT2D eigenvalue weighted by Crippen LogP contribution is -2.35. The lowest BCUT2D eigenvalue weighted by molar-refractivity contribution is 0.243. The van der Waals surface area contributed by atoms with Gasteiger partial charge in [0.2, 0.25) is 5.89 Å². The molecule has 2 heterocycles. The third-order valence-electron chi connectivity index (χ3n) is 5.25. The molecule has 1 aromatic heterocycles. The number of benzene rings is 1. The van der Waals surface area contributed by atoms with E-state index >= 15 is 0 Å². The van der Waals surface area contributed by atoms with Gasteiger partial charge in [0.05, 0.1) is 5.69 Å². The first-order valence-corrected chi connectivity index (χ1v) is 9.61. The van der Waals surface area contributed by atoms with Crippen LogP contribution in [-0.4, -0.2) is 33.5 Å². The van der Waals surface area contributed by atoms with Gasteiger partial charge in [0.1, 0.15) is 5.76 Å². The summed E-state index contributed by atoms with van der Waals surface area (Å²) in [6.45, 7) is 5.31. The Kier molecular flexibility index (Phi) is 4.20. The van der Waals surface area contributed by atoms with Crippen molar-refractivity contribution < 1.29 is 4.42 Å². The number of thioether (sulfide) groups is 1. The number of hydrogen-bond donors (Lipinski definition) is 0. The fraction of sp³-hybridized carbons (Fsp3) is 0.526. The molecule has 1 aliphatic heterocycles. The smallest absolute Gasteiger partial charge is 0.226 e. The molecule has 0 N–H and O–H groups in total. The van der Waals surface area contributed by atoms with Gasteiger partial charge in [-0.15, -0.1) is 0 Å². The Bertz CT molecular complexity index is 663. The highest BCUT2D eigenvalue weighted by Gasteiger charge is 2.38. The van der Waals surface area contributed by atoms with E-state index < -0.39 is 0 Å². The van der Waals surface area contributed by atoms with Crippen LogP contribution in [0.3, 0.4) is 0 Å². The predicted molar refractivity (Wildman–Crippen MR) is 95.6 cm³/mol. The molecule has 1 saturated carbocycles. The van der Waals surface area contributed by atoms with Crippen LogP contribution in [0.5, 0.6) is 0 Å². The summed E-state index contributed by atoms with van der Waals surface area (Å²) in [4.78, 5) is 7.32. The number of nitrogens with zero attached hydrogens (tertiary/aromatic N) is 2. The van der Waals surface area contributed by atoms with Gasteiger partial charge < -0.3 is 4.42 Å². The minimum Gasteiger partial charge on any atom is -0.441 e. The van der Waals surface area contributed by atoms with E-state index in [1.807, 2.05) is 25.1 Å². The molecule has 2 aliphatic rings. The molecule has 3 nitrogen and oxygen atoms in total. The van der Waals surface area contributed by atoms with Crippen LogP contribution in [0.1, 0.15) is 37.1 Å². The Morgan fingerprint density at radius 3 is 2.74 bits per heavy atom. The normalized spacial score (nSPS) is 21.1. The maximum atomic E-state index is 5.90. The molecule has 2 fully saturated rings. The van der Waals surface area contributed by atoms with Gasteiger partial charge in [0.25, 0.3) is 0 Å². The van der Waals surface area contributed by atoms with Crippen molar-refractivity contribution in [3.63, 3.8) is 0 Å². The summed E-state index contributed by atoms with van der Waals surface area (Å²) in [7, 11) is 0. The van der Waals surface area contributed by atoms with Crippen LogP contribution >= 0.6 is 11.8 Å². The molecule has 0 atom stereocenters. The highest BCUT2D eigenvalue weighted by molar-refractivity contribution is 8.00. The lowest BCUT2D eigenvalue weighted by atomic mass is 9.81. The van der Waals surface area contributed by atoms with Gasteiger partial charge in [-0.2, -0.15) is 11.8 Å². The number of aromatic nitrogens is 1. The van der Waals surface area contributed by atoms with Gasteiger partial charge in [-0.3, -0.25) is 4.90 Å². The van der Waals surface area contributed by atoms with Gasteiger partial charge in [-0.1, -0.05) is 24.6 Å². The largest absolute Gasteiger partial charge is 0.441 e. The molecule has 1 aromatic carbocycles. The zero-order chi connectivity index (χ0) is 15.7. The molecule has 0 bridgehead atoms. The average Bonchev–Trinajstić information content (AvgIpc) is 2.77. The fourth-order valence-corrected chi connectivity index (χ4v) is 5.15. The van der Waals surface area contributed by atoms with Gasteiger partial charge >= 0.3 is 0 Å². The summed E-state index contributed by atoms with van der Waals surface area (Å²) in [5, 5.41) is 0. The number of rotatable bonds is 3. The van der Waals surface area contributed by atoms with Crippen molar-refractivity contribution in [2.24, 2.45) is 0 Å². The van der Waals surface area contributed by atoms with Crippen molar-refractivity contribution in [3.05, 3.63) is 41.8 Å². The highest BCUT2D eigenvalue weighted by Crippen LogP contribution is 2.47. The molecule has 4 heteroatoms. The minimum absolute atomic E-state index is 0.614. The molecule has 0 radical (unpaired) electrons. The predicted octanol–water partition coefficient (Wildman–Crippen LogP) is 4.51. The quantitative estimate of drug-likeness (QED) is 0.829. The van der Waals surface area contributed by atoms with Gasteiger partial charge in [-0.05, 0) is 44.9 Å². The van der Waals surface area contributed by atoms with Crippen molar-refractivity contribution in [2.45, 2.75) is 43.9 Å². The van der Waals surface area contributed by atoms with Crippen LogP contribution < -0.4 is 0 Å². The second-order valence-corrected chi connectivity index (χ2v) is 8.36. The van der Waals surface area contributed by atoms with E-state index in [4.69, 9.17) is 9.40 Å². The fourth-order valence-electron chi connectivity index (χ4n) is 3.55. The van der Waals surface area contributed by atoms with E-state index in [-0.39, 0.29) is 0 Å². The first kappa shape index (κ1) is 15.3. The molecule has 0 unspecified atom stereocenters. The molecule has 1 aliphatic carbocycles. The van der Waals surface area contributed by atoms with Crippen LogP contribution in [0.2, 0.25) is 0 Å². The maximum absolute atomic E-state index is 5.90. The Morgan fingerprint density at radius 1 is 1.17 bits per heavy atom. The summed E-state index contributed by atoms with van der Waals surface area (Å²) in [5.74, 6) is 2.96. The minimum atomic E-state index is 0.614. The third kappa shape index (κ3) is 3.20. The molecule has 23 heavy (non-hydrogen) atoms. The van der Waals surface area contributed by atoms with Crippen LogP contribution in [0.25, 0.3) is 11.5 Å². The zero-order valence-corrected chi connectivity index (χ0v) is 14.6. The summed E-state index contributed by atoms with van der Waals surface area (Å²) in [6, 6.07) is 10.2. The highest BCUT2D eigenvalue weighted by atomic mass is 32.2. The van der Waals surface area contributed by atoms with E-state index in [0.29, 0.717) is 4.75 Å². The van der Waals surface area contributed by atoms with E-state index in [1.54, 1.807) is 0 Å². The second kappa shape index (κ2) is 6.33. The Hall–Kier alpha value is -1.26. The summed E-state index contributed by atoms with van der Waals surface area (Å²) >= 11 is 2.21. The Morgan fingerprint density at radius 2 is 2.00 bits per heavy atom. The van der Waals surface area contributed by atoms with Crippen molar-refractivity contribution in [2.75, 3.05) is 18.8 Å². The summed E-state index contributed by atoms with van der Waals surface area (Å²) in [5.41, 5.74) is 2.15. The number of aryl methyl sites for hydroxylation is 1. The molecule has 1 saturated heterocycles. The van der Waals surface area contributed by atoms with E-state index in [1.165, 1.54) is 44.5 Å². The monoisotopic (exact) mass is 328 g/mol. The second-order valence-electron chi connectivity index (χ2n) is 6.80. The van der Waals surface area contributed by atoms with Crippen LogP contribution in [0.15, 0.2) is 34.7 Å². The molecule has 2 aromatic rings. The van der Waals surface area contributed by atoms with Crippen LogP contribution in [-0.2, 0) is 6.54 Å². The van der Waals surface area contributed by atoms with Crippen molar-refractivity contribution in [1.29, 1.82) is 0 Å². The molecule has 1 spiro atoms.